The second kappa shape index (κ2) is 8.34. The van der Waals surface area contributed by atoms with Crippen LogP contribution in [0.1, 0.15) is 22.8 Å². The van der Waals surface area contributed by atoms with Gasteiger partial charge in [-0.15, -0.1) is 0 Å². The molecule has 2 rings (SSSR count). The van der Waals surface area contributed by atoms with Crippen LogP contribution in [0.3, 0.4) is 0 Å². The summed E-state index contributed by atoms with van der Waals surface area (Å²) in [6.07, 6.45) is 1.35. The van der Waals surface area contributed by atoms with Crippen LogP contribution >= 0.6 is 0 Å². The average molecular weight is 340 g/mol. The highest BCUT2D eigenvalue weighted by atomic mass is 16.6. The molecule has 0 aliphatic rings. The maximum atomic E-state index is 12.0. The molecule has 2 amide bonds. The third kappa shape index (κ3) is 5.24. The maximum absolute atomic E-state index is 12.0. The van der Waals surface area contributed by atoms with Crippen LogP contribution in [0.25, 0.3) is 0 Å². The predicted octanol–water partition coefficient (Wildman–Crippen LogP) is 1.86. The van der Waals surface area contributed by atoms with Crippen LogP contribution < -0.4 is 10.7 Å². The van der Waals surface area contributed by atoms with Gasteiger partial charge in [-0.25, -0.2) is 5.43 Å². The van der Waals surface area contributed by atoms with Crippen molar-refractivity contribution in [3.8, 4) is 0 Å². The van der Waals surface area contributed by atoms with Gasteiger partial charge < -0.3 is 5.32 Å². The molecule has 0 aliphatic carbocycles. The second-order valence-electron chi connectivity index (χ2n) is 5.14. The Kier molecular flexibility index (Phi) is 5.94. The molecule has 0 unspecified atom stereocenters. The SMILES string of the molecule is C[C@@H](NC(=O)c1ccccc1)C(=O)N/N=C\c1ccc([N+](=O)[O-])cc1. The molecule has 0 fully saturated rings. The number of rotatable bonds is 6. The third-order valence-corrected chi connectivity index (χ3v) is 3.27. The van der Waals surface area contributed by atoms with Crippen molar-refractivity contribution in [2.75, 3.05) is 0 Å². The number of hydrogen-bond acceptors (Lipinski definition) is 5. The number of benzene rings is 2. The van der Waals surface area contributed by atoms with Crippen molar-refractivity contribution < 1.29 is 14.5 Å². The Morgan fingerprint density at radius 2 is 1.76 bits per heavy atom. The van der Waals surface area contributed by atoms with Crippen molar-refractivity contribution in [3.05, 3.63) is 75.8 Å². The fourth-order valence-electron chi connectivity index (χ4n) is 1.88. The van der Waals surface area contributed by atoms with Crippen molar-refractivity contribution >= 4 is 23.7 Å². The van der Waals surface area contributed by atoms with Gasteiger partial charge in [0, 0.05) is 17.7 Å². The highest BCUT2D eigenvalue weighted by Crippen LogP contribution is 2.10. The van der Waals surface area contributed by atoms with Crippen molar-refractivity contribution in [3.63, 3.8) is 0 Å². The first-order chi connectivity index (χ1) is 12.0. The van der Waals surface area contributed by atoms with Crippen LogP contribution in [0.5, 0.6) is 0 Å². The van der Waals surface area contributed by atoms with Gasteiger partial charge in [0.2, 0.25) is 0 Å². The molecule has 0 bridgehead atoms. The zero-order valence-electron chi connectivity index (χ0n) is 13.4. The van der Waals surface area contributed by atoms with Gasteiger partial charge in [0.15, 0.2) is 0 Å². The average Bonchev–Trinajstić information content (AvgIpc) is 2.62. The second-order valence-corrected chi connectivity index (χ2v) is 5.14. The van der Waals surface area contributed by atoms with Gasteiger partial charge in [-0.3, -0.25) is 19.7 Å². The van der Waals surface area contributed by atoms with Crippen molar-refractivity contribution in [1.29, 1.82) is 0 Å². The molecule has 0 saturated heterocycles. The summed E-state index contributed by atoms with van der Waals surface area (Å²) >= 11 is 0. The molecule has 128 valence electrons. The van der Waals surface area contributed by atoms with Gasteiger partial charge in [0.1, 0.15) is 6.04 Å². The van der Waals surface area contributed by atoms with E-state index in [9.17, 15) is 19.7 Å². The number of nitro groups is 1. The highest BCUT2D eigenvalue weighted by Gasteiger charge is 2.15. The number of amides is 2. The van der Waals surface area contributed by atoms with E-state index < -0.39 is 16.9 Å². The molecule has 0 spiro atoms. The summed E-state index contributed by atoms with van der Waals surface area (Å²) in [6, 6.07) is 13.5. The maximum Gasteiger partial charge on any atom is 0.269 e. The molecule has 0 heterocycles. The van der Waals surface area contributed by atoms with Crippen LogP contribution in [0, 0.1) is 10.1 Å². The van der Waals surface area contributed by atoms with E-state index in [1.807, 2.05) is 0 Å². The van der Waals surface area contributed by atoms with E-state index >= 15 is 0 Å². The Morgan fingerprint density at radius 1 is 1.12 bits per heavy atom. The molecule has 25 heavy (non-hydrogen) atoms. The van der Waals surface area contributed by atoms with Gasteiger partial charge in [-0.2, -0.15) is 5.10 Å². The lowest BCUT2D eigenvalue weighted by molar-refractivity contribution is -0.384. The predicted molar refractivity (Wildman–Crippen MR) is 92.2 cm³/mol. The molecule has 1 atom stereocenters. The molecule has 0 aromatic heterocycles. The molecule has 2 N–H and O–H groups in total. The van der Waals surface area contributed by atoms with Crippen molar-refractivity contribution in [2.24, 2.45) is 5.10 Å². The number of carbonyl (C=O) groups is 2. The van der Waals surface area contributed by atoms with Crippen LogP contribution in [0.15, 0.2) is 59.7 Å². The molecule has 2 aromatic carbocycles. The largest absolute Gasteiger partial charge is 0.340 e. The lowest BCUT2D eigenvalue weighted by atomic mass is 10.2. The number of nitro benzene ring substituents is 1. The highest BCUT2D eigenvalue weighted by molar-refractivity contribution is 5.97. The first-order valence-corrected chi connectivity index (χ1v) is 7.40. The van der Waals surface area contributed by atoms with Crippen LogP contribution in [0.2, 0.25) is 0 Å². The number of nitrogens with one attached hydrogen (secondary N) is 2. The number of carbonyl (C=O) groups excluding carboxylic acids is 2. The summed E-state index contributed by atoms with van der Waals surface area (Å²) in [7, 11) is 0. The van der Waals surface area contributed by atoms with E-state index in [4.69, 9.17) is 0 Å². The molecule has 2 aromatic rings. The molecular weight excluding hydrogens is 324 g/mol. The summed E-state index contributed by atoms with van der Waals surface area (Å²) < 4.78 is 0. The minimum atomic E-state index is -0.776. The minimum Gasteiger partial charge on any atom is -0.340 e. The van der Waals surface area contributed by atoms with Gasteiger partial charge in [-0.05, 0) is 36.8 Å². The molecule has 0 saturated carbocycles. The first-order valence-electron chi connectivity index (χ1n) is 7.40. The number of hydrogen-bond donors (Lipinski definition) is 2. The fraction of sp³-hybridized carbons (Fsp3) is 0.118. The molecule has 0 aliphatic heterocycles. The number of hydrazone groups is 1. The lowest BCUT2D eigenvalue weighted by Crippen LogP contribution is -2.43. The van der Waals surface area contributed by atoms with Crippen molar-refractivity contribution in [2.45, 2.75) is 13.0 Å². The Balaban J connectivity index is 1.86. The molecule has 0 radical (unpaired) electrons. The van der Waals surface area contributed by atoms with Crippen LogP contribution in [-0.4, -0.2) is 29.0 Å². The normalized spacial score (nSPS) is 11.7. The van der Waals surface area contributed by atoms with Crippen LogP contribution in [-0.2, 0) is 4.79 Å². The Bertz CT molecular complexity index is 788. The van der Waals surface area contributed by atoms with E-state index in [0.29, 0.717) is 11.1 Å². The molecule has 8 nitrogen and oxygen atoms in total. The van der Waals surface area contributed by atoms with E-state index in [0.717, 1.165) is 0 Å². The zero-order chi connectivity index (χ0) is 18.2. The third-order valence-electron chi connectivity index (χ3n) is 3.27. The van der Waals surface area contributed by atoms with E-state index in [1.165, 1.54) is 37.4 Å². The Labute approximate surface area is 143 Å². The number of non-ortho nitro benzene ring substituents is 1. The summed E-state index contributed by atoms with van der Waals surface area (Å²) in [5.74, 6) is -0.843. The summed E-state index contributed by atoms with van der Waals surface area (Å²) in [4.78, 5) is 33.9. The van der Waals surface area contributed by atoms with Gasteiger partial charge in [0.05, 0.1) is 11.1 Å². The molecule has 8 heteroatoms. The number of nitrogens with zero attached hydrogens (tertiary/aromatic N) is 2. The fourth-order valence-corrected chi connectivity index (χ4v) is 1.88. The summed E-state index contributed by atoms with van der Waals surface area (Å²) in [5, 5.41) is 16.9. The zero-order valence-corrected chi connectivity index (χ0v) is 13.4. The van der Waals surface area contributed by atoms with Gasteiger partial charge >= 0.3 is 0 Å². The smallest absolute Gasteiger partial charge is 0.269 e. The molecular formula is C17H16N4O4. The van der Waals surface area contributed by atoms with E-state index in [-0.39, 0.29) is 11.6 Å². The van der Waals surface area contributed by atoms with Crippen LogP contribution in [0.4, 0.5) is 5.69 Å². The topological polar surface area (TPSA) is 114 Å². The lowest BCUT2D eigenvalue weighted by Gasteiger charge is -2.12. The Hall–Kier alpha value is -3.55. The van der Waals surface area contributed by atoms with Crippen molar-refractivity contribution in [1.82, 2.24) is 10.7 Å². The summed E-state index contributed by atoms with van der Waals surface area (Å²) in [5.41, 5.74) is 3.32. The quantitative estimate of drug-likeness (QED) is 0.474. The standard InChI is InChI=1S/C17H16N4O4/c1-12(19-17(23)14-5-3-2-4-6-14)16(22)20-18-11-13-7-9-15(10-8-13)21(24)25/h2-12H,1H3,(H,19,23)(H,20,22)/b18-11-/t12-/m1/s1. The minimum absolute atomic E-state index is 0.0292. The Morgan fingerprint density at radius 3 is 2.36 bits per heavy atom. The monoisotopic (exact) mass is 340 g/mol. The first kappa shape index (κ1) is 17.8. The van der Waals surface area contributed by atoms with Gasteiger partial charge in [-0.1, -0.05) is 18.2 Å². The van der Waals surface area contributed by atoms with E-state index in [1.54, 1.807) is 30.3 Å². The summed E-state index contributed by atoms with van der Waals surface area (Å²) in [6.45, 7) is 1.54. The van der Waals surface area contributed by atoms with E-state index in [2.05, 4.69) is 15.8 Å². The van der Waals surface area contributed by atoms with Gasteiger partial charge in [0.25, 0.3) is 17.5 Å².